The molecule has 2 aromatic carbocycles. The van der Waals surface area contributed by atoms with Crippen molar-refractivity contribution in [3.8, 4) is 11.3 Å². The summed E-state index contributed by atoms with van der Waals surface area (Å²) in [6.07, 6.45) is 2.64. The Labute approximate surface area is 200 Å². The third kappa shape index (κ3) is 3.80. The van der Waals surface area contributed by atoms with Gasteiger partial charge in [0.15, 0.2) is 0 Å². The normalized spacial score (nSPS) is 12.6. The minimum absolute atomic E-state index is 0.275. The Bertz CT molecular complexity index is 1530. The summed E-state index contributed by atoms with van der Waals surface area (Å²) in [4.78, 5) is 39.3. The molecule has 2 heterocycles. The number of nitrogens with one attached hydrogen (secondary N) is 1. The SMILES string of the molecule is Cc1ccc(C)c(-c2nn(CC(=O)Nc3sc4c(c3C(N)=O)CCC4)c(=O)c3ccccc23)c1. The molecule has 0 spiro atoms. The van der Waals surface area contributed by atoms with Crippen LogP contribution in [0.25, 0.3) is 22.0 Å². The molecule has 3 N–H and O–H groups in total. The highest BCUT2D eigenvalue weighted by Gasteiger charge is 2.26. The fourth-order valence-corrected chi connectivity index (χ4v) is 5.90. The molecule has 0 saturated carbocycles. The first-order valence-electron chi connectivity index (χ1n) is 11.1. The van der Waals surface area contributed by atoms with Crippen LogP contribution in [0, 0.1) is 13.8 Å². The van der Waals surface area contributed by atoms with Gasteiger partial charge in [0.1, 0.15) is 11.5 Å². The molecular weight excluding hydrogens is 448 g/mol. The first kappa shape index (κ1) is 22.0. The van der Waals surface area contributed by atoms with Gasteiger partial charge in [-0.25, -0.2) is 4.68 Å². The second-order valence-electron chi connectivity index (χ2n) is 8.65. The van der Waals surface area contributed by atoms with Crippen molar-refractivity contribution >= 4 is 38.9 Å². The van der Waals surface area contributed by atoms with Gasteiger partial charge in [0.2, 0.25) is 5.91 Å². The van der Waals surface area contributed by atoms with Gasteiger partial charge < -0.3 is 11.1 Å². The number of fused-ring (bicyclic) bond motifs is 2. The first-order chi connectivity index (χ1) is 16.3. The molecule has 0 saturated heterocycles. The third-order valence-corrected chi connectivity index (χ3v) is 7.44. The molecule has 0 bridgehead atoms. The van der Waals surface area contributed by atoms with Crippen LogP contribution in [0.2, 0.25) is 0 Å². The minimum atomic E-state index is -0.548. The Morgan fingerprint density at radius 3 is 2.65 bits per heavy atom. The van der Waals surface area contributed by atoms with Crippen LogP contribution in [-0.4, -0.2) is 21.6 Å². The lowest BCUT2D eigenvalue weighted by Crippen LogP contribution is -2.30. The predicted molar refractivity (Wildman–Crippen MR) is 134 cm³/mol. The van der Waals surface area contributed by atoms with E-state index in [-0.39, 0.29) is 12.1 Å². The summed E-state index contributed by atoms with van der Waals surface area (Å²) in [6, 6.07) is 13.4. The number of aromatic nitrogens is 2. The number of primary amides is 1. The smallest absolute Gasteiger partial charge is 0.275 e. The van der Waals surface area contributed by atoms with Crippen LogP contribution in [0.15, 0.2) is 47.3 Å². The number of aryl methyl sites for hydroxylation is 3. The van der Waals surface area contributed by atoms with Gasteiger partial charge in [-0.1, -0.05) is 35.9 Å². The van der Waals surface area contributed by atoms with Gasteiger partial charge in [-0.05, 0) is 56.4 Å². The van der Waals surface area contributed by atoms with Crippen LogP contribution in [0.5, 0.6) is 0 Å². The van der Waals surface area contributed by atoms with E-state index in [2.05, 4.69) is 10.4 Å². The van der Waals surface area contributed by atoms with Crippen molar-refractivity contribution in [2.45, 2.75) is 39.7 Å². The largest absolute Gasteiger partial charge is 0.365 e. The number of benzene rings is 2. The lowest BCUT2D eigenvalue weighted by atomic mass is 9.99. The summed E-state index contributed by atoms with van der Waals surface area (Å²) in [6.45, 7) is 3.72. The van der Waals surface area contributed by atoms with Crippen LogP contribution >= 0.6 is 11.3 Å². The molecule has 2 amide bonds. The lowest BCUT2D eigenvalue weighted by Gasteiger charge is -2.13. The van der Waals surface area contributed by atoms with Gasteiger partial charge in [0.05, 0.1) is 16.6 Å². The Morgan fingerprint density at radius 1 is 1.12 bits per heavy atom. The first-order valence-corrected chi connectivity index (χ1v) is 12.0. The van der Waals surface area contributed by atoms with Gasteiger partial charge in [-0.15, -0.1) is 11.3 Å². The number of hydrogen-bond donors (Lipinski definition) is 2. The van der Waals surface area contributed by atoms with E-state index in [1.165, 1.54) is 16.0 Å². The van der Waals surface area contributed by atoms with E-state index < -0.39 is 11.8 Å². The molecule has 8 heteroatoms. The van der Waals surface area contributed by atoms with Crippen LogP contribution in [0.1, 0.15) is 38.3 Å². The van der Waals surface area contributed by atoms with Gasteiger partial charge in [-0.3, -0.25) is 14.4 Å². The Hall–Kier alpha value is -3.78. The maximum Gasteiger partial charge on any atom is 0.275 e. The van der Waals surface area contributed by atoms with Gasteiger partial charge in [0.25, 0.3) is 11.5 Å². The fraction of sp³-hybridized carbons (Fsp3) is 0.231. The van der Waals surface area contributed by atoms with E-state index in [0.29, 0.717) is 21.6 Å². The molecular formula is C26H24N4O3S. The molecule has 1 aliphatic carbocycles. The molecule has 2 aromatic heterocycles. The number of rotatable bonds is 5. The highest BCUT2D eigenvalue weighted by molar-refractivity contribution is 7.17. The Kier molecular flexibility index (Phi) is 5.53. The van der Waals surface area contributed by atoms with Crippen LogP contribution in [0.3, 0.4) is 0 Å². The van der Waals surface area contributed by atoms with Crippen LogP contribution < -0.4 is 16.6 Å². The summed E-state index contributed by atoms with van der Waals surface area (Å²) in [5.41, 5.74) is 10.3. The van der Waals surface area contributed by atoms with Gasteiger partial charge >= 0.3 is 0 Å². The zero-order valence-corrected chi connectivity index (χ0v) is 19.8. The third-order valence-electron chi connectivity index (χ3n) is 6.23. The number of nitrogens with two attached hydrogens (primary N) is 1. The van der Waals surface area contributed by atoms with Crippen molar-refractivity contribution in [2.75, 3.05) is 5.32 Å². The number of anilines is 1. The molecule has 0 atom stereocenters. The summed E-state index contributed by atoms with van der Waals surface area (Å²) in [5, 5.41) is 9.10. The molecule has 4 aromatic rings. The molecule has 172 valence electrons. The molecule has 0 fully saturated rings. The zero-order chi connectivity index (χ0) is 24.0. The molecule has 1 aliphatic rings. The lowest BCUT2D eigenvalue weighted by molar-refractivity contribution is -0.116. The molecule has 7 nitrogen and oxygen atoms in total. The maximum atomic E-state index is 13.2. The standard InChI is InChI=1S/C26H24N4O3S/c1-14-10-11-15(2)19(12-14)23-16-6-3-4-7-17(16)26(33)30(29-23)13-21(31)28-25-22(24(27)32)18-8-5-9-20(18)34-25/h3-4,6-7,10-12H,5,8-9,13H2,1-2H3,(H2,27,32)(H,28,31). The van der Waals surface area contributed by atoms with Gasteiger partial charge in [-0.2, -0.15) is 5.10 Å². The molecule has 0 aliphatic heterocycles. The number of thiophene rings is 1. The monoisotopic (exact) mass is 472 g/mol. The van der Waals surface area contributed by atoms with Crippen molar-refractivity contribution in [2.24, 2.45) is 5.73 Å². The summed E-state index contributed by atoms with van der Waals surface area (Å²) in [5.74, 6) is -0.980. The van der Waals surface area contributed by atoms with E-state index in [1.54, 1.807) is 12.1 Å². The highest BCUT2D eigenvalue weighted by atomic mass is 32.1. The number of carbonyl (C=O) groups excluding carboxylic acids is 2. The number of hydrogen-bond acceptors (Lipinski definition) is 5. The number of amides is 2. The van der Waals surface area contributed by atoms with Crippen molar-refractivity contribution < 1.29 is 9.59 Å². The number of carbonyl (C=O) groups is 2. The fourth-order valence-electron chi connectivity index (χ4n) is 4.59. The molecule has 5 rings (SSSR count). The minimum Gasteiger partial charge on any atom is -0.365 e. The maximum absolute atomic E-state index is 13.2. The second-order valence-corrected chi connectivity index (χ2v) is 9.75. The van der Waals surface area contributed by atoms with Crippen LogP contribution in [-0.2, 0) is 24.2 Å². The quantitative estimate of drug-likeness (QED) is 0.458. The molecule has 0 unspecified atom stereocenters. The van der Waals surface area contributed by atoms with Gasteiger partial charge in [0, 0.05) is 15.8 Å². The summed E-state index contributed by atoms with van der Waals surface area (Å²) < 4.78 is 1.19. The average Bonchev–Trinajstić information content (AvgIpc) is 3.38. The summed E-state index contributed by atoms with van der Waals surface area (Å²) in [7, 11) is 0. The Morgan fingerprint density at radius 2 is 1.88 bits per heavy atom. The second kappa shape index (κ2) is 8.53. The van der Waals surface area contributed by atoms with Crippen LogP contribution in [0.4, 0.5) is 5.00 Å². The molecule has 0 radical (unpaired) electrons. The predicted octanol–water partition coefficient (Wildman–Crippen LogP) is 3.97. The van der Waals surface area contributed by atoms with Crippen molar-refractivity contribution in [3.63, 3.8) is 0 Å². The van der Waals surface area contributed by atoms with E-state index >= 15 is 0 Å². The van der Waals surface area contributed by atoms with Crippen molar-refractivity contribution in [1.82, 2.24) is 9.78 Å². The summed E-state index contributed by atoms with van der Waals surface area (Å²) >= 11 is 1.39. The van der Waals surface area contributed by atoms with E-state index in [0.717, 1.165) is 51.8 Å². The van der Waals surface area contributed by atoms with E-state index in [9.17, 15) is 14.4 Å². The Balaban J connectivity index is 1.55. The van der Waals surface area contributed by atoms with Crippen molar-refractivity contribution in [1.29, 1.82) is 0 Å². The molecule has 34 heavy (non-hydrogen) atoms. The average molecular weight is 473 g/mol. The topological polar surface area (TPSA) is 107 Å². The van der Waals surface area contributed by atoms with Crippen molar-refractivity contribution in [3.05, 3.63) is 79.9 Å². The number of nitrogens with zero attached hydrogens (tertiary/aromatic N) is 2. The van der Waals surface area contributed by atoms with E-state index in [1.807, 2.05) is 44.2 Å². The highest BCUT2D eigenvalue weighted by Crippen LogP contribution is 2.38. The van der Waals surface area contributed by atoms with E-state index in [4.69, 9.17) is 5.73 Å². The zero-order valence-electron chi connectivity index (χ0n) is 19.0.